The lowest BCUT2D eigenvalue weighted by Crippen LogP contribution is -2.25. The summed E-state index contributed by atoms with van der Waals surface area (Å²) < 4.78 is 38.3. The first kappa shape index (κ1) is 17.5. The Morgan fingerprint density at radius 2 is 1.76 bits per heavy atom. The summed E-state index contributed by atoms with van der Waals surface area (Å²) in [6.07, 6.45) is -4.52. The number of hydrogen-bond donors (Lipinski definition) is 3. The monoisotopic (exact) mass is 306 g/mol. The summed E-state index contributed by atoms with van der Waals surface area (Å²) in [6.45, 7) is 6.18. The van der Waals surface area contributed by atoms with Gasteiger partial charge in [-0.05, 0) is 12.3 Å². The fraction of sp³-hybridized carbons (Fsp3) is 0.692. The van der Waals surface area contributed by atoms with E-state index in [1.807, 2.05) is 20.8 Å². The Morgan fingerprint density at radius 3 is 2.24 bits per heavy atom. The van der Waals surface area contributed by atoms with E-state index >= 15 is 0 Å². The van der Waals surface area contributed by atoms with Crippen LogP contribution in [0.15, 0.2) is 6.07 Å². The molecule has 0 bridgehead atoms. The number of anilines is 2. The van der Waals surface area contributed by atoms with Crippen molar-refractivity contribution >= 4 is 11.6 Å². The van der Waals surface area contributed by atoms with Crippen LogP contribution in [0.3, 0.4) is 0 Å². The maximum Gasteiger partial charge on any atom is 0.451 e. The lowest BCUT2D eigenvalue weighted by molar-refractivity contribution is -0.144. The average molecular weight is 306 g/mol. The molecule has 1 aromatic rings. The minimum Gasteiger partial charge on any atom is -0.391 e. The summed E-state index contributed by atoms with van der Waals surface area (Å²) in [5.41, 5.74) is 0. The van der Waals surface area contributed by atoms with Gasteiger partial charge in [0.15, 0.2) is 0 Å². The Morgan fingerprint density at radius 1 is 1.19 bits per heavy atom. The topological polar surface area (TPSA) is 70.1 Å². The van der Waals surface area contributed by atoms with E-state index in [2.05, 4.69) is 20.6 Å². The van der Waals surface area contributed by atoms with E-state index in [9.17, 15) is 18.3 Å². The van der Waals surface area contributed by atoms with E-state index in [4.69, 9.17) is 0 Å². The first-order valence-electron chi connectivity index (χ1n) is 6.86. The molecule has 0 aliphatic carbocycles. The van der Waals surface area contributed by atoms with Crippen LogP contribution in [0, 0.1) is 5.92 Å². The molecule has 0 aliphatic rings. The molecule has 3 N–H and O–H groups in total. The molecule has 1 unspecified atom stereocenters. The maximum atomic E-state index is 12.8. The Kier molecular flexibility index (Phi) is 6.19. The molecule has 5 nitrogen and oxygen atoms in total. The molecule has 120 valence electrons. The van der Waals surface area contributed by atoms with E-state index in [1.165, 1.54) is 6.07 Å². The van der Waals surface area contributed by atoms with Gasteiger partial charge in [-0.25, -0.2) is 9.97 Å². The van der Waals surface area contributed by atoms with Crippen molar-refractivity contribution in [2.24, 2.45) is 5.92 Å². The first-order valence-corrected chi connectivity index (χ1v) is 6.86. The summed E-state index contributed by atoms with van der Waals surface area (Å²) in [4.78, 5) is 6.90. The van der Waals surface area contributed by atoms with Crippen LogP contribution in [-0.2, 0) is 6.18 Å². The highest BCUT2D eigenvalue weighted by Gasteiger charge is 2.35. The van der Waals surface area contributed by atoms with Crippen LogP contribution in [0.25, 0.3) is 0 Å². The molecule has 0 spiro atoms. The van der Waals surface area contributed by atoms with Crippen molar-refractivity contribution < 1.29 is 18.3 Å². The molecule has 0 saturated carbocycles. The van der Waals surface area contributed by atoms with Gasteiger partial charge in [-0.3, -0.25) is 0 Å². The maximum absolute atomic E-state index is 12.8. The first-order chi connectivity index (χ1) is 9.74. The summed E-state index contributed by atoms with van der Waals surface area (Å²) in [7, 11) is 0. The average Bonchev–Trinajstić information content (AvgIpc) is 2.41. The largest absolute Gasteiger partial charge is 0.451 e. The smallest absolute Gasteiger partial charge is 0.391 e. The number of alkyl halides is 3. The Labute approximate surface area is 122 Å². The summed E-state index contributed by atoms with van der Waals surface area (Å²) in [6, 6.07) is 1.40. The van der Waals surface area contributed by atoms with Gasteiger partial charge in [-0.2, -0.15) is 13.2 Å². The van der Waals surface area contributed by atoms with Crippen LogP contribution in [0.2, 0.25) is 0 Å². The van der Waals surface area contributed by atoms with Gasteiger partial charge >= 0.3 is 6.18 Å². The van der Waals surface area contributed by atoms with Gasteiger partial charge in [0.2, 0.25) is 5.82 Å². The van der Waals surface area contributed by atoms with Crippen molar-refractivity contribution in [2.45, 2.75) is 39.5 Å². The SMILES string of the molecule is CCCNc1cc(NCC(O)C(C)C)nc(C(F)(F)F)n1. The van der Waals surface area contributed by atoms with Crippen molar-refractivity contribution in [2.75, 3.05) is 23.7 Å². The molecule has 1 heterocycles. The fourth-order valence-corrected chi connectivity index (χ4v) is 1.45. The predicted octanol–water partition coefficient (Wildman–Crippen LogP) is 2.75. The van der Waals surface area contributed by atoms with Gasteiger partial charge in [-0.1, -0.05) is 20.8 Å². The Bertz CT molecular complexity index is 452. The quantitative estimate of drug-likeness (QED) is 0.722. The van der Waals surface area contributed by atoms with Crippen molar-refractivity contribution in [3.05, 3.63) is 11.9 Å². The second kappa shape index (κ2) is 7.44. The highest BCUT2D eigenvalue weighted by molar-refractivity contribution is 5.48. The molecule has 1 aromatic heterocycles. The summed E-state index contributed by atoms with van der Waals surface area (Å²) in [5, 5.41) is 15.2. The van der Waals surface area contributed by atoms with Gasteiger partial charge in [0.05, 0.1) is 6.10 Å². The molecule has 1 rings (SSSR count). The normalized spacial score (nSPS) is 13.3. The summed E-state index contributed by atoms with van der Waals surface area (Å²) >= 11 is 0. The number of aliphatic hydroxyl groups is 1. The standard InChI is InChI=1S/C13H21F3N4O/c1-4-5-17-10-6-11(18-7-9(21)8(2)3)20-12(19-10)13(14,15)16/h6,8-9,21H,4-5,7H2,1-3H3,(H2,17,18,19,20). The van der Waals surface area contributed by atoms with E-state index in [0.717, 1.165) is 6.42 Å². The molecular formula is C13H21F3N4O. The van der Waals surface area contributed by atoms with Gasteiger partial charge in [0.1, 0.15) is 11.6 Å². The third-order valence-electron chi connectivity index (χ3n) is 2.80. The van der Waals surface area contributed by atoms with Crippen molar-refractivity contribution in [3.63, 3.8) is 0 Å². The van der Waals surface area contributed by atoms with Gasteiger partial charge in [0, 0.05) is 19.2 Å². The number of halogens is 3. The zero-order valence-corrected chi connectivity index (χ0v) is 12.3. The number of nitrogens with one attached hydrogen (secondary N) is 2. The van der Waals surface area contributed by atoms with E-state index in [-0.39, 0.29) is 24.1 Å². The second-order valence-electron chi connectivity index (χ2n) is 5.08. The Hall–Kier alpha value is -1.57. The Balaban J connectivity index is 2.91. The van der Waals surface area contributed by atoms with E-state index in [1.54, 1.807) is 0 Å². The van der Waals surface area contributed by atoms with Crippen LogP contribution < -0.4 is 10.6 Å². The van der Waals surface area contributed by atoms with Crippen LogP contribution in [0.5, 0.6) is 0 Å². The number of aromatic nitrogens is 2. The highest BCUT2D eigenvalue weighted by Crippen LogP contribution is 2.28. The predicted molar refractivity (Wildman–Crippen MR) is 75.1 cm³/mol. The molecule has 21 heavy (non-hydrogen) atoms. The molecule has 8 heteroatoms. The lowest BCUT2D eigenvalue weighted by atomic mass is 10.1. The van der Waals surface area contributed by atoms with Gasteiger partial charge < -0.3 is 15.7 Å². The molecular weight excluding hydrogens is 285 g/mol. The highest BCUT2D eigenvalue weighted by atomic mass is 19.4. The lowest BCUT2D eigenvalue weighted by Gasteiger charge is -2.17. The molecule has 0 saturated heterocycles. The van der Waals surface area contributed by atoms with Crippen LogP contribution >= 0.6 is 0 Å². The van der Waals surface area contributed by atoms with E-state index in [0.29, 0.717) is 6.54 Å². The second-order valence-corrected chi connectivity index (χ2v) is 5.08. The van der Waals surface area contributed by atoms with Crippen molar-refractivity contribution in [3.8, 4) is 0 Å². The number of aliphatic hydroxyl groups excluding tert-OH is 1. The van der Waals surface area contributed by atoms with Gasteiger partial charge in [-0.15, -0.1) is 0 Å². The number of rotatable bonds is 7. The summed E-state index contributed by atoms with van der Waals surface area (Å²) in [5.74, 6) is -1.06. The minimum atomic E-state index is -4.61. The molecule has 1 atom stereocenters. The number of nitrogens with zero attached hydrogens (tertiary/aromatic N) is 2. The third kappa shape index (κ3) is 5.74. The zero-order valence-electron chi connectivity index (χ0n) is 12.3. The third-order valence-corrected chi connectivity index (χ3v) is 2.80. The van der Waals surface area contributed by atoms with Crippen LogP contribution in [0.4, 0.5) is 24.8 Å². The van der Waals surface area contributed by atoms with Crippen molar-refractivity contribution in [1.29, 1.82) is 0 Å². The fourth-order valence-electron chi connectivity index (χ4n) is 1.45. The van der Waals surface area contributed by atoms with Crippen LogP contribution in [-0.4, -0.2) is 34.3 Å². The van der Waals surface area contributed by atoms with Crippen molar-refractivity contribution in [1.82, 2.24) is 9.97 Å². The zero-order chi connectivity index (χ0) is 16.0. The van der Waals surface area contributed by atoms with Crippen LogP contribution in [0.1, 0.15) is 33.0 Å². The van der Waals surface area contributed by atoms with E-state index < -0.39 is 18.1 Å². The molecule has 0 aromatic carbocycles. The molecule has 0 amide bonds. The number of hydrogen-bond acceptors (Lipinski definition) is 5. The molecule has 0 aliphatic heterocycles. The molecule has 0 radical (unpaired) electrons. The minimum absolute atomic E-state index is 0.000824. The molecule has 0 fully saturated rings. The van der Waals surface area contributed by atoms with Gasteiger partial charge in [0.25, 0.3) is 0 Å².